The predicted octanol–water partition coefficient (Wildman–Crippen LogP) is 6.13. The van der Waals surface area contributed by atoms with Gasteiger partial charge in [-0.1, -0.05) is 36.4 Å². The molecule has 0 spiro atoms. The molecule has 2 heterocycles. The van der Waals surface area contributed by atoms with E-state index in [0.29, 0.717) is 34.3 Å². The average Bonchev–Trinajstić information content (AvgIpc) is 3.43. The lowest BCUT2D eigenvalue weighted by molar-refractivity contribution is 0.619. The third-order valence-electron chi connectivity index (χ3n) is 5.43. The number of nitrogens with two attached hydrogens (primary N) is 2. The van der Waals surface area contributed by atoms with E-state index >= 15 is 0 Å². The number of fused-ring (bicyclic) bond motifs is 2. The van der Waals surface area contributed by atoms with E-state index in [-0.39, 0.29) is 0 Å². The summed E-state index contributed by atoms with van der Waals surface area (Å²) in [5.41, 5.74) is 19.9. The summed E-state index contributed by atoms with van der Waals surface area (Å²) in [6, 6.07) is 26.7. The number of hydrogen-bond donors (Lipinski definition) is 2. The van der Waals surface area contributed by atoms with Gasteiger partial charge in [-0.2, -0.15) is 0 Å². The molecule has 154 valence electrons. The molecule has 0 unspecified atom stereocenters. The van der Waals surface area contributed by atoms with Crippen LogP contribution in [0.2, 0.25) is 0 Å². The first-order valence-electron chi connectivity index (χ1n) is 10.2. The van der Waals surface area contributed by atoms with E-state index in [1.54, 1.807) is 0 Å². The molecule has 6 heteroatoms. The second-order valence-electron chi connectivity index (χ2n) is 7.58. The van der Waals surface area contributed by atoms with Gasteiger partial charge in [0.25, 0.3) is 0 Å². The lowest BCUT2D eigenvalue weighted by Gasteiger charge is -2.12. The van der Waals surface area contributed by atoms with Crippen LogP contribution in [0, 0.1) is 0 Å². The zero-order chi connectivity index (χ0) is 21.7. The van der Waals surface area contributed by atoms with Crippen LogP contribution >= 0.6 is 0 Å². The van der Waals surface area contributed by atoms with E-state index in [1.807, 2.05) is 84.9 Å². The largest absolute Gasteiger partial charge is 0.436 e. The highest BCUT2D eigenvalue weighted by molar-refractivity contribution is 5.92. The fraction of sp³-hybridized carbons (Fsp3) is 0. The smallest absolute Gasteiger partial charge is 0.228 e. The molecule has 4 N–H and O–H groups in total. The van der Waals surface area contributed by atoms with Crippen molar-refractivity contribution in [2.75, 3.05) is 11.5 Å². The molecule has 0 aliphatic carbocycles. The Balaban J connectivity index is 1.59. The summed E-state index contributed by atoms with van der Waals surface area (Å²) in [7, 11) is 0. The second kappa shape index (κ2) is 6.99. The highest BCUT2D eigenvalue weighted by Crippen LogP contribution is 2.40. The van der Waals surface area contributed by atoms with Crippen molar-refractivity contribution in [1.29, 1.82) is 0 Å². The van der Waals surface area contributed by atoms with Gasteiger partial charge in [0, 0.05) is 22.5 Å². The van der Waals surface area contributed by atoms with Gasteiger partial charge < -0.3 is 20.3 Å². The van der Waals surface area contributed by atoms with Crippen molar-refractivity contribution in [3.63, 3.8) is 0 Å². The molecular formula is C26H18N4O2. The van der Waals surface area contributed by atoms with Crippen molar-refractivity contribution < 1.29 is 8.83 Å². The predicted molar refractivity (Wildman–Crippen MR) is 127 cm³/mol. The molecule has 0 aliphatic rings. The van der Waals surface area contributed by atoms with Gasteiger partial charge in [-0.3, -0.25) is 0 Å². The number of nitrogens with zero attached hydrogens (tertiary/aromatic N) is 2. The van der Waals surface area contributed by atoms with Crippen LogP contribution in [-0.4, -0.2) is 9.97 Å². The molecule has 0 atom stereocenters. The summed E-state index contributed by atoms with van der Waals surface area (Å²) in [6.45, 7) is 0. The number of anilines is 2. The first kappa shape index (κ1) is 18.2. The molecular weight excluding hydrogens is 400 g/mol. The topological polar surface area (TPSA) is 104 Å². The maximum Gasteiger partial charge on any atom is 0.228 e. The summed E-state index contributed by atoms with van der Waals surface area (Å²) in [6.07, 6.45) is 0. The van der Waals surface area contributed by atoms with Crippen LogP contribution in [0.3, 0.4) is 0 Å². The van der Waals surface area contributed by atoms with Crippen molar-refractivity contribution >= 4 is 33.6 Å². The molecule has 32 heavy (non-hydrogen) atoms. The minimum Gasteiger partial charge on any atom is -0.436 e. The molecule has 4 aromatic carbocycles. The maximum absolute atomic E-state index is 6.14. The van der Waals surface area contributed by atoms with Crippen molar-refractivity contribution in [1.82, 2.24) is 9.97 Å². The lowest BCUT2D eigenvalue weighted by atomic mass is 9.94. The van der Waals surface area contributed by atoms with Gasteiger partial charge in [-0.25, -0.2) is 9.97 Å². The minimum atomic E-state index is 0.494. The monoisotopic (exact) mass is 418 g/mol. The van der Waals surface area contributed by atoms with Gasteiger partial charge in [0.1, 0.15) is 11.0 Å². The standard InChI is InChI=1S/C26H18N4O2/c27-15-9-11-17(19(13-15)25-29-21-5-1-3-7-23(21)31-25)18-12-10-16(28)14-20(18)26-30-22-6-2-4-8-24(22)32-26/h1-14H,27-28H2. The molecule has 2 aromatic heterocycles. The van der Waals surface area contributed by atoms with Crippen LogP contribution in [0.5, 0.6) is 0 Å². The number of aromatic nitrogens is 2. The van der Waals surface area contributed by atoms with Crippen LogP contribution in [-0.2, 0) is 0 Å². The highest BCUT2D eigenvalue weighted by atomic mass is 16.4. The summed E-state index contributed by atoms with van der Waals surface area (Å²) in [5.74, 6) is 0.989. The number of oxazole rings is 2. The number of para-hydroxylation sites is 4. The van der Waals surface area contributed by atoms with E-state index in [0.717, 1.165) is 33.3 Å². The normalized spacial score (nSPS) is 11.4. The Morgan fingerprint density at radius 2 is 0.938 bits per heavy atom. The van der Waals surface area contributed by atoms with Crippen LogP contribution in [0.1, 0.15) is 0 Å². The Kier molecular flexibility index (Phi) is 3.98. The average molecular weight is 418 g/mol. The number of benzene rings is 4. The summed E-state index contributed by atoms with van der Waals surface area (Å²) < 4.78 is 12.1. The molecule has 6 aromatic rings. The fourth-order valence-corrected chi connectivity index (χ4v) is 3.92. The quantitative estimate of drug-likeness (QED) is 0.335. The number of hydrogen-bond acceptors (Lipinski definition) is 6. The lowest BCUT2D eigenvalue weighted by Crippen LogP contribution is -1.94. The van der Waals surface area contributed by atoms with E-state index in [9.17, 15) is 0 Å². The Bertz CT molecular complexity index is 1430. The third-order valence-corrected chi connectivity index (χ3v) is 5.43. The molecule has 0 aliphatic heterocycles. The molecule has 0 bridgehead atoms. The molecule has 0 fully saturated rings. The van der Waals surface area contributed by atoms with Crippen molar-refractivity contribution in [3.05, 3.63) is 84.9 Å². The van der Waals surface area contributed by atoms with E-state index in [2.05, 4.69) is 9.97 Å². The van der Waals surface area contributed by atoms with Crippen molar-refractivity contribution in [2.24, 2.45) is 0 Å². The minimum absolute atomic E-state index is 0.494. The highest BCUT2D eigenvalue weighted by Gasteiger charge is 2.20. The SMILES string of the molecule is Nc1ccc(-c2ccc(N)cc2-c2nc3ccccc3o2)c(-c2nc3ccccc3o2)c1. The van der Waals surface area contributed by atoms with Crippen LogP contribution in [0.15, 0.2) is 93.8 Å². The maximum atomic E-state index is 6.14. The van der Waals surface area contributed by atoms with Gasteiger partial charge in [0.2, 0.25) is 11.8 Å². The number of nitrogen functional groups attached to an aromatic ring is 2. The van der Waals surface area contributed by atoms with Gasteiger partial charge in [-0.05, 0) is 59.7 Å². The molecule has 0 saturated carbocycles. The fourth-order valence-electron chi connectivity index (χ4n) is 3.92. The zero-order valence-electron chi connectivity index (χ0n) is 16.9. The third kappa shape index (κ3) is 2.97. The molecule has 0 amide bonds. The van der Waals surface area contributed by atoms with Crippen molar-refractivity contribution in [2.45, 2.75) is 0 Å². The second-order valence-corrected chi connectivity index (χ2v) is 7.58. The van der Waals surface area contributed by atoms with Gasteiger partial charge >= 0.3 is 0 Å². The van der Waals surface area contributed by atoms with Crippen LogP contribution in [0.25, 0.3) is 56.2 Å². The Morgan fingerprint density at radius 3 is 1.38 bits per heavy atom. The van der Waals surface area contributed by atoms with Gasteiger partial charge in [0.15, 0.2) is 11.2 Å². The van der Waals surface area contributed by atoms with E-state index in [1.165, 1.54) is 0 Å². The van der Waals surface area contributed by atoms with Crippen LogP contribution in [0.4, 0.5) is 11.4 Å². The van der Waals surface area contributed by atoms with Crippen LogP contribution < -0.4 is 11.5 Å². The molecule has 0 radical (unpaired) electrons. The first-order chi connectivity index (χ1) is 15.7. The molecule has 0 saturated heterocycles. The van der Waals surface area contributed by atoms with Crippen molar-refractivity contribution in [3.8, 4) is 34.0 Å². The van der Waals surface area contributed by atoms with E-state index < -0.39 is 0 Å². The number of rotatable bonds is 3. The summed E-state index contributed by atoms with van der Waals surface area (Å²) in [4.78, 5) is 9.36. The molecule has 6 nitrogen and oxygen atoms in total. The summed E-state index contributed by atoms with van der Waals surface area (Å²) in [5, 5.41) is 0. The van der Waals surface area contributed by atoms with E-state index in [4.69, 9.17) is 20.3 Å². The summed E-state index contributed by atoms with van der Waals surface area (Å²) >= 11 is 0. The zero-order valence-corrected chi connectivity index (χ0v) is 16.9. The first-order valence-corrected chi connectivity index (χ1v) is 10.2. The molecule has 6 rings (SSSR count). The van der Waals surface area contributed by atoms with Gasteiger partial charge in [-0.15, -0.1) is 0 Å². The Morgan fingerprint density at radius 1 is 0.500 bits per heavy atom. The Hall–Kier alpha value is -4.58. The Labute approximate surface area is 183 Å². The van der Waals surface area contributed by atoms with Gasteiger partial charge in [0.05, 0.1) is 0 Å².